The summed E-state index contributed by atoms with van der Waals surface area (Å²) in [6.45, 7) is 2.63. The maximum Gasteiger partial charge on any atom is 0.230 e. The third-order valence-electron chi connectivity index (χ3n) is 3.39. The molecule has 1 saturated heterocycles. The van der Waals surface area contributed by atoms with E-state index < -0.39 is 0 Å². The molecule has 2 atom stereocenters. The number of benzene rings is 1. The highest BCUT2D eigenvalue weighted by atomic mass is 16.5. The third-order valence-corrected chi connectivity index (χ3v) is 3.39. The van der Waals surface area contributed by atoms with Gasteiger partial charge in [-0.3, -0.25) is 4.79 Å². The fourth-order valence-electron chi connectivity index (χ4n) is 2.32. The Morgan fingerprint density at radius 2 is 2.42 bits per heavy atom. The molecule has 0 radical (unpaired) electrons. The minimum atomic E-state index is -0.125. The van der Waals surface area contributed by atoms with Crippen LogP contribution in [0.15, 0.2) is 18.2 Å². The van der Waals surface area contributed by atoms with Crippen molar-refractivity contribution in [2.45, 2.75) is 25.9 Å². The fourth-order valence-corrected chi connectivity index (χ4v) is 2.32. The monoisotopic (exact) mass is 259 g/mol. The van der Waals surface area contributed by atoms with Crippen LogP contribution in [-0.2, 0) is 9.53 Å². The SMILES string of the molecule is CCC1OCCC1C(=O)Nc1ccc(C#N)cc1N. The van der Waals surface area contributed by atoms with Gasteiger partial charge in [-0.2, -0.15) is 5.26 Å². The molecule has 0 aromatic heterocycles. The van der Waals surface area contributed by atoms with E-state index in [1.165, 1.54) is 0 Å². The van der Waals surface area contributed by atoms with E-state index in [0.717, 1.165) is 12.8 Å². The molecule has 5 nitrogen and oxygen atoms in total. The Morgan fingerprint density at radius 1 is 1.63 bits per heavy atom. The molecule has 1 heterocycles. The predicted octanol–water partition coefficient (Wildman–Crippen LogP) is 1.89. The van der Waals surface area contributed by atoms with Crippen molar-refractivity contribution in [1.29, 1.82) is 5.26 Å². The second-order valence-corrected chi connectivity index (χ2v) is 4.62. The molecule has 100 valence electrons. The zero-order valence-electron chi connectivity index (χ0n) is 10.8. The Morgan fingerprint density at radius 3 is 3.05 bits per heavy atom. The molecule has 1 aliphatic heterocycles. The van der Waals surface area contributed by atoms with Gasteiger partial charge in [0.05, 0.1) is 35.0 Å². The first kappa shape index (κ1) is 13.4. The van der Waals surface area contributed by atoms with Crippen molar-refractivity contribution in [2.24, 2.45) is 5.92 Å². The van der Waals surface area contributed by atoms with Gasteiger partial charge in [0.25, 0.3) is 0 Å². The second-order valence-electron chi connectivity index (χ2n) is 4.62. The number of anilines is 2. The van der Waals surface area contributed by atoms with Crippen LogP contribution in [-0.4, -0.2) is 18.6 Å². The number of carbonyl (C=O) groups is 1. The number of nitrogens with two attached hydrogens (primary N) is 1. The molecule has 2 rings (SSSR count). The lowest BCUT2D eigenvalue weighted by molar-refractivity contribution is -0.121. The third kappa shape index (κ3) is 2.85. The summed E-state index contributed by atoms with van der Waals surface area (Å²) in [5, 5.41) is 11.6. The molecule has 1 fully saturated rings. The van der Waals surface area contributed by atoms with E-state index in [2.05, 4.69) is 5.32 Å². The number of amides is 1. The maximum absolute atomic E-state index is 12.2. The van der Waals surface area contributed by atoms with E-state index in [1.54, 1.807) is 18.2 Å². The van der Waals surface area contributed by atoms with Gasteiger partial charge < -0.3 is 15.8 Å². The number of nitrogens with zero attached hydrogens (tertiary/aromatic N) is 1. The average Bonchev–Trinajstić information content (AvgIpc) is 2.89. The zero-order valence-corrected chi connectivity index (χ0v) is 10.8. The molecule has 1 amide bonds. The van der Waals surface area contributed by atoms with Crippen LogP contribution in [0.25, 0.3) is 0 Å². The van der Waals surface area contributed by atoms with Gasteiger partial charge in [0, 0.05) is 6.61 Å². The first-order valence-electron chi connectivity index (χ1n) is 6.37. The number of rotatable bonds is 3. The lowest BCUT2D eigenvalue weighted by atomic mass is 9.98. The van der Waals surface area contributed by atoms with Crippen molar-refractivity contribution < 1.29 is 9.53 Å². The molecule has 1 aromatic rings. The lowest BCUT2D eigenvalue weighted by Crippen LogP contribution is -2.29. The standard InChI is InChI=1S/C14H17N3O2/c1-2-13-10(5-6-19-13)14(18)17-12-4-3-9(8-15)7-11(12)16/h3-4,7,10,13H,2,5-6,16H2,1H3,(H,17,18). The molecule has 5 heteroatoms. The Labute approximate surface area is 112 Å². The van der Waals surface area contributed by atoms with E-state index in [9.17, 15) is 4.79 Å². The van der Waals surface area contributed by atoms with Crippen LogP contribution in [0.4, 0.5) is 11.4 Å². The van der Waals surface area contributed by atoms with Gasteiger partial charge in [-0.05, 0) is 31.0 Å². The quantitative estimate of drug-likeness (QED) is 0.811. The van der Waals surface area contributed by atoms with Crippen molar-refractivity contribution >= 4 is 17.3 Å². The van der Waals surface area contributed by atoms with E-state index in [4.69, 9.17) is 15.7 Å². The minimum absolute atomic E-state index is 0.0143. The van der Waals surface area contributed by atoms with Crippen LogP contribution >= 0.6 is 0 Å². The van der Waals surface area contributed by atoms with E-state index >= 15 is 0 Å². The summed E-state index contributed by atoms with van der Waals surface area (Å²) in [5.41, 5.74) is 7.24. The normalized spacial score (nSPS) is 21.9. The highest BCUT2D eigenvalue weighted by Gasteiger charge is 2.32. The molecule has 0 aliphatic carbocycles. The first-order chi connectivity index (χ1) is 9.15. The molecule has 2 unspecified atom stereocenters. The summed E-state index contributed by atoms with van der Waals surface area (Å²) in [4.78, 5) is 12.2. The highest BCUT2D eigenvalue weighted by Crippen LogP contribution is 2.26. The summed E-state index contributed by atoms with van der Waals surface area (Å²) in [7, 11) is 0. The number of nitrogen functional groups attached to an aromatic ring is 1. The Bertz CT molecular complexity index is 522. The second kappa shape index (κ2) is 5.72. The summed E-state index contributed by atoms with van der Waals surface area (Å²) in [6.07, 6.45) is 1.54. The highest BCUT2D eigenvalue weighted by molar-refractivity contribution is 5.96. The van der Waals surface area contributed by atoms with Crippen molar-refractivity contribution in [3.63, 3.8) is 0 Å². The topological polar surface area (TPSA) is 88.1 Å². The number of nitriles is 1. The van der Waals surface area contributed by atoms with Crippen LogP contribution in [0.5, 0.6) is 0 Å². The molecular formula is C14H17N3O2. The Kier molecular flexibility index (Phi) is 4.03. The molecular weight excluding hydrogens is 242 g/mol. The van der Waals surface area contributed by atoms with Crippen LogP contribution in [0.3, 0.4) is 0 Å². The summed E-state index contributed by atoms with van der Waals surface area (Å²) in [6, 6.07) is 6.85. The molecule has 1 aromatic carbocycles. The summed E-state index contributed by atoms with van der Waals surface area (Å²) in [5.74, 6) is -0.194. The van der Waals surface area contributed by atoms with E-state index in [-0.39, 0.29) is 17.9 Å². The summed E-state index contributed by atoms with van der Waals surface area (Å²) < 4.78 is 5.51. The van der Waals surface area contributed by atoms with Gasteiger partial charge in [-0.1, -0.05) is 6.92 Å². The van der Waals surface area contributed by atoms with Gasteiger partial charge >= 0.3 is 0 Å². The first-order valence-corrected chi connectivity index (χ1v) is 6.37. The number of carbonyl (C=O) groups excluding carboxylic acids is 1. The van der Waals surface area contributed by atoms with Crippen molar-refractivity contribution in [3.8, 4) is 6.07 Å². The molecule has 0 saturated carbocycles. The van der Waals surface area contributed by atoms with Gasteiger partial charge in [-0.25, -0.2) is 0 Å². The number of hydrogen-bond donors (Lipinski definition) is 2. The fraction of sp³-hybridized carbons (Fsp3) is 0.429. The summed E-state index contributed by atoms with van der Waals surface area (Å²) >= 11 is 0. The van der Waals surface area contributed by atoms with Gasteiger partial charge in [0.2, 0.25) is 5.91 Å². The van der Waals surface area contributed by atoms with Gasteiger partial charge in [0.15, 0.2) is 0 Å². The lowest BCUT2D eigenvalue weighted by Gasteiger charge is -2.17. The predicted molar refractivity (Wildman–Crippen MR) is 72.3 cm³/mol. The number of hydrogen-bond acceptors (Lipinski definition) is 4. The molecule has 0 bridgehead atoms. The average molecular weight is 259 g/mol. The minimum Gasteiger partial charge on any atom is -0.397 e. The molecule has 0 spiro atoms. The van der Waals surface area contributed by atoms with Crippen molar-refractivity contribution in [1.82, 2.24) is 0 Å². The molecule has 3 N–H and O–H groups in total. The van der Waals surface area contributed by atoms with Crippen LogP contribution < -0.4 is 11.1 Å². The molecule has 19 heavy (non-hydrogen) atoms. The molecule has 1 aliphatic rings. The van der Waals surface area contributed by atoms with Crippen LogP contribution in [0, 0.1) is 17.2 Å². The van der Waals surface area contributed by atoms with Crippen molar-refractivity contribution in [3.05, 3.63) is 23.8 Å². The smallest absolute Gasteiger partial charge is 0.230 e. The maximum atomic E-state index is 12.2. The zero-order chi connectivity index (χ0) is 13.8. The van der Waals surface area contributed by atoms with Crippen molar-refractivity contribution in [2.75, 3.05) is 17.7 Å². The largest absolute Gasteiger partial charge is 0.397 e. The van der Waals surface area contributed by atoms with Crippen LogP contribution in [0.2, 0.25) is 0 Å². The van der Waals surface area contributed by atoms with Crippen LogP contribution in [0.1, 0.15) is 25.3 Å². The Balaban J connectivity index is 2.09. The Hall–Kier alpha value is -2.06. The number of ether oxygens (including phenoxy) is 1. The van der Waals surface area contributed by atoms with Gasteiger partial charge in [-0.15, -0.1) is 0 Å². The van der Waals surface area contributed by atoms with Gasteiger partial charge in [0.1, 0.15) is 0 Å². The number of nitrogens with one attached hydrogen (secondary N) is 1. The van der Waals surface area contributed by atoms with E-state index in [0.29, 0.717) is 23.5 Å². The van der Waals surface area contributed by atoms with E-state index in [1.807, 2.05) is 13.0 Å².